The molecular formula is C27H26N2O6S. The van der Waals surface area contributed by atoms with Crippen LogP contribution < -0.4 is 19.6 Å². The molecular weight excluding hydrogens is 480 g/mol. The first-order chi connectivity index (χ1) is 17.3. The quantitative estimate of drug-likeness (QED) is 0.457. The monoisotopic (exact) mass is 506 g/mol. The molecule has 3 aromatic rings. The van der Waals surface area contributed by atoms with Gasteiger partial charge in [-0.3, -0.25) is 9.36 Å². The molecule has 8 nitrogen and oxygen atoms in total. The van der Waals surface area contributed by atoms with E-state index in [-0.39, 0.29) is 18.8 Å². The number of esters is 2. The fourth-order valence-corrected chi connectivity index (χ4v) is 4.92. The van der Waals surface area contributed by atoms with Crippen molar-refractivity contribution in [3.63, 3.8) is 0 Å². The van der Waals surface area contributed by atoms with Crippen molar-refractivity contribution in [2.75, 3.05) is 20.3 Å². The van der Waals surface area contributed by atoms with E-state index >= 15 is 0 Å². The van der Waals surface area contributed by atoms with Gasteiger partial charge in [0, 0.05) is 0 Å². The summed E-state index contributed by atoms with van der Waals surface area (Å²) in [5.41, 5.74) is 3.29. The van der Waals surface area contributed by atoms with E-state index in [0.717, 1.165) is 16.7 Å². The summed E-state index contributed by atoms with van der Waals surface area (Å²) in [6.45, 7) is 5.52. The number of hydrogen-bond acceptors (Lipinski definition) is 8. The van der Waals surface area contributed by atoms with Gasteiger partial charge in [0.25, 0.3) is 5.56 Å². The molecule has 186 valence electrons. The van der Waals surface area contributed by atoms with E-state index in [4.69, 9.17) is 9.47 Å². The summed E-state index contributed by atoms with van der Waals surface area (Å²) < 4.78 is 17.3. The highest BCUT2D eigenvalue weighted by Gasteiger charge is 2.33. The van der Waals surface area contributed by atoms with Crippen LogP contribution >= 0.6 is 11.3 Å². The van der Waals surface area contributed by atoms with Gasteiger partial charge in [-0.2, -0.15) is 0 Å². The van der Waals surface area contributed by atoms with E-state index in [1.54, 1.807) is 48.8 Å². The number of nitrogens with zero attached hydrogens (tertiary/aromatic N) is 2. The average Bonchev–Trinajstić information content (AvgIpc) is 3.17. The third-order valence-corrected chi connectivity index (χ3v) is 6.66. The molecule has 1 aromatic heterocycles. The van der Waals surface area contributed by atoms with E-state index in [9.17, 15) is 14.4 Å². The second-order valence-corrected chi connectivity index (χ2v) is 9.16. The highest BCUT2D eigenvalue weighted by atomic mass is 32.1. The predicted molar refractivity (Wildman–Crippen MR) is 136 cm³/mol. The third-order valence-electron chi connectivity index (χ3n) is 5.67. The van der Waals surface area contributed by atoms with Crippen LogP contribution in [0.25, 0.3) is 6.08 Å². The molecule has 0 fully saturated rings. The summed E-state index contributed by atoms with van der Waals surface area (Å²) in [5.74, 6) is -0.449. The molecule has 1 aliphatic rings. The molecule has 0 N–H and O–H groups in total. The Hall–Kier alpha value is -3.98. The molecule has 0 saturated carbocycles. The number of allylic oxidation sites excluding steroid dienone is 1. The number of aryl methyl sites for hydroxylation is 1. The first-order valence-electron chi connectivity index (χ1n) is 11.4. The molecule has 2 heterocycles. The van der Waals surface area contributed by atoms with Crippen LogP contribution in [0.2, 0.25) is 0 Å². The van der Waals surface area contributed by atoms with Crippen molar-refractivity contribution < 1.29 is 23.8 Å². The molecule has 9 heteroatoms. The number of rotatable bonds is 7. The van der Waals surface area contributed by atoms with Crippen molar-refractivity contribution in [2.45, 2.75) is 26.8 Å². The Morgan fingerprint density at radius 3 is 2.42 bits per heavy atom. The summed E-state index contributed by atoms with van der Waals surface area (Å²) in [4.78, 5) is 42.9. The van der Waals surface area contributed by atoms with Crippen molar-refractivity contribution in [1.82, 2.24) is 4.57 Å². The van der Waals surface area contributed by atoms with Crippen molar-refractivity contribution >= 4 is 29.4 Å². The number of thiazole rings is 1. The van der Waals surface area contributed by atoms with Gasteiger partial charge in [0.05, 0.1) is 35.6 Å². The van der Waals surface area contributed by atoms with Crippen LogP contribution in [0.1, 0.15) is 36.6 Å². The first-order valence-corrected chi connectivity index (χ1v) is 12.2. The molecule has 0 spiro atoms. The Kier molecular flexibility index (Phi) is 7.49. The van der Waals surface area contributed by atoms with E-state index in [1.807, 2.05) is 31.2 Å². The van der Waals surface area contributed by atoms with Crippen molar-refractivity contribution in [3.8, 4) is 5.75 Å². The fourth-order valence-electron chi connectivity index (χ4n) is 3.87. The van der Waals surface area contributed by atoms with Crippen LogP contribution in [0, 0.1) is 6.92 Å². The van der Waals surface area contributed by atoms with Gasteiger partial charge in [0.1, 0.15) is 5.75 Å². The summed E-state index contributed by atoms with van der Waals surface area (Å²) in [5, 5.41) is 0. The molecule has 0 saturated heterocycles. The molecule has 36 heavy (non-hydrogen) atoms. The second kappa shape index (κ2) is 10.7. The molecule has 0 amide bonds. The lowest BCUT2D eigenvalue weighted by molar-refractivity contribution is -0.143. The minimum atomic E-state index is -0.642. The maximum absolute atomic E-state index is 13.6. The SMILES string of the molecule is CCOC(=O)C1=C(C)N=c2sc(=Cc3ccc(OCC(=O)OC)cc3)c(=O)n2C1c1ccc(C)cc1. The molecule has 1 aliphatic heterocycles. The minimum Gasteiger partial charge on any atom is -0.482 e. The van der Waals surface area contributed by atoms with Crippen LogP contribution in [0.3, 0.4) is 0 Å². The number of benzene rings is 2. The molecule has 0 bridgehead atoms. The van der Waals surface area contributed by atoms with Gasteiger partial charge >= 0.3 is 11.9 Å². The third kappa shape index (κ3) is 5.16. The van der Waals surface area contributed by atoms with Crippen molar-refractivity contribution in [2.24, 2.45) is 4.99 Å². The second-order valence-electron chi connectivity index (χ2n) is 8.15. The highest BCUT2D eigenvalue weighted by molar-refractivity contribution is 7.07. The zero-order valence-electron chi connectivity index (χ0n) is 20.4. The standard InChI is InChI=1S/C27H26N2O6S/c1-5-34-26(32)23-17(3)28-27-29(24(23)19-10-6-16(2)7-11-19)25(31)21(36-27)14-18-8-12-20(13-9-18)35-15-22(30)33-4/h6-14,24H,5,15H2,1-4H3. The maximum Gasteiger partial charge on any atom is 0.343 e. The summed E-state index contributed by atoms with van der Waals surface area (Å²) >= 11 is 1.26. The molecule has 2 aromatic carbocycles. The van der Waals surface area contributed by atoms with Gasteiger partial charge in [-0.15, -0.1) is 0 Å². The number of hydrogen-bond donors (Lipinski definition) is 0. The number of fused-ring (bicyclic) bond motifs is 1. The number of carbonyl (C=O) groups is 2. The Morgan fingerprint density at radius 1 is 1.08 bits per heavy atom. The van der Waals surface area contributed by atoms with Crippen molar-refractivity contribution in [3.05, 3.63) is 96.2 Å². The van der Waals surface area contributed by atoms with E-state index in [1.165, 1.54) is 18.4 Å². The van der Waals surface area contributed by atoms with Crippen LogP contribution in [-0.4, -0.2) is 36.8 Å². The van der Waals surface area contributed by atoms with Crippen molar-refractivity contribution in [1.29, 1.82) is 0 Å². The Morgan fingerprint density at radius 2 is 1.78 bits per heavy atom. The Labute approximate surface area is 211 Å². The lowest BCUT2D eigenvalue weighted by Gasteiger charge is -2.24. The van der Waals surface area contributed by atoms with Gasteiger partial charge < -0.3 is 14.2 Å². The predicted octanol–water partition coefficient (Wildman–Crippen LogP) is 2.66. The summed E-state index contributed by atoms with van der Waals surface area (Å²) in [7, 11) is 1.30. The number of methoxy groups -OCH3 is 1. The van der Waals surface area contributed by atoms with Crippen LogP contribution in [0.15, 0.2) is 69.6 Å². The minimum absolute atomic E-state index is 0.185. The zero-order chi connectivity index (χ0) is 25.8. The fraction of sp³-hybridized carbons (Fsp3) is 0.259. The van der Waals surface area contributed by atoms with Gasteiger partial charge in [0.15, 0.2) is 11.4 Å². The van der Waals surface area contributed by atoms with E-state index in [2.05, 4.69) is 9.73 Å². The molecule has 1 unspecified atom stereocenters. The van der Waals surface area contributed by atoms with Gasteiger partial charge in [-0.1, -0.05) is 53.3 Å². The van der Waals surface area contributed by atoms with Crippen LogP contribution in [0.5, 0.6) is 5.75 Å². The topological polar surface area (TPSA) is 96.2 Å². The van der Waals surface area contributed by atoms with Gasteiger partial charge in [0.2, 0.25) is 0 Å². The smallest absolute Gasteiger partial charge is 0.343 e. The Balaban J connectivity index is 1.77. The molecule has 0 aliphatic carbocycles. The number of carbonyl (C=O) groups excluding carboxylic acids is 2. The summed E-state index contributed by atoms with van der Waals surface area (Å²) in [6.07, 6.45) is 1.77. The lowest BCUT2D eigenvalue weighted by Crippen LogP contribution is -2.39. The lowest BCUT2D eigenvalue weighted by atomic mass is 9.95. The zero-order valence-corrected chi connectivity index (χ0v) is 21.3. The van der Waals surface area contributed by atoms with E-state index in [0.29, 0.717) is 26.4 Å². The molecule has 4 rings (SSSR count). The summed E-state index contributed by atoms with van der Waals surface area (Å²) in [6, 6.07) is 14.1. The largest absolute Gasteiger partial charge is 0.482 e. The van der Waals surface area contributed by atoms with E-state index < -0.39 is 18.0 Å². The Bertz CT molecular complexity index is 1500. The van der Waals surface area contributed by atoms with Crippen LogP contribution in [0.4, 0.5) is 0 Å². The number of aromatic nitrogens is 1. The molecule has 0 radical (unpaired) electrons. The normalized spacial score (nSPS) is 15.2. The first kappa shape index (κ1) is 25.1. The van der Waals surface area contributed by atoms with Gasteiger partial charge in [-0.25, -0.2) is 14.6 Å². The van der Waals surface area contributed by atoms with Gasteiger partial charge in [-0.05, 0) is 50.1 Å². The van der Waals surface area contributed by atoms with Crippen LogP contribution in [-0.2, 0) is 19.1 Å². The molecule has 1 atom stereocenters. The number of ether oxygens (including phenoxy) is 3. The average molecular weight is 507 g/mol. The maximum atomic E-state index is 13.6. The highest BCUT2D eigenvalue weighted by Crippen LogP contribution is 2.30.